The Bertz CT molecular complexity index is 177. The number of hydrogen-bond acceptors (Lipinski definition) is 3. The van der Waals surface area contributed by atoms with Crippen molar-refractivity contribution in [1.29, 1.82) is 0 Å². The normalized spacial score (nSPS) is 19.8. The third-order valence-corrected chi connectivity index (χ3v) is 4.86. The van der Waals surface area contributed by atoms with Crippen molar-refractivity contribution in [3.8, 4) is 0 Å². The molecule has 0 aliphatic carbocycles. The van der Waals surface area contributed by atoms with Crippen LogP contribution in [0, 0.1) is 5.92 Å². The molecule has 1 aliphatic heterocycles. The summed E-state index contributed by atoms with van der Waals surface area (Å²) < 4.78 is 0. The van der Waals surface area contributed by atoms with Crippen LogP contribution < -0.4 is 5.32 Å². The molecule has 0 aromatic carbocycles. The summed E-state index contributed by atoms with van der Waals surface area (Å²) in [6.45, 7) is 11.5. The van der Waals surface area contributed by atoms with Gasteiger partial charge in [-0.25, -0.2) is 0 Å². The number of rotatable bonds is 8. The van der Waals surface area contributed by atoms with E-state index in [2.05, 4.69) is 42.7 Å². The SMILES string of the molecule is CCN(CC)CC(C)NCCC1CCSCC1. The van der Waals surface area contributed by atoms with Crippen molar-refractivity contribution in [2.75, 3.05) is 37.7 Å². The average molecular weight is 258 g/mol. The Labute approximate surface area is 112 Å². The molecule has 0 saturated carbocycles. The molecule has 1 rings (SSSR count). The van der Waals surface area contributed by atoms with Crippen molar-refractivity contribution in [3.05, 3.63) is 0 Å². The van der Waals surface area contributed by atoms with E-state index in [4.69, 9.17) is 0 Å². The molecule has 0 bridgehead atoms. The molecule has 3 heteroatoms. The summed E-state index contributed by atoms with van der Waals surface area (Å²) in [6, 6.07) is 0.632. The monoisotopic (exact) mass is 258 g/mol. The van der Waals surface area contributed by atoms with E-state index >= 15 is 0 Å². The number of nitrogens with one attached hydrogen (secondary N) is 1. The molecule has 0 aromatic rings. The molecular formula is C14H30N2S. The summed E-state index contributed by atoms with van der Waals surface area (Å²) in [4.78, 5) is 2.49. The zero-order valence-electron chi connectivity index (χ0n) is 11.9. The minimum absolute atomic E-state index is 0.632. The Morgan fingerprint density at radius 1 is 1.24 bits per heavy atom. The lowest BCUT2D eigenvalue weighted by Crippen LogP contribution is -2.39. The smallest absolute Gasteiger partial charge is 0.0166 e. The summed E-state index contributed by atoms with van der Waals surface area (Å²) >= 11 is 2.13. The van der Waals surface area contributed by atoms with Crippen LogP contribution in [-0.4, -0.2) is 48.6 Å². The highest BCUT2D eigenvalue weighted by Gasteiger charge is 2.13. The first-order valence-electron chi connectivity index (χ1n) is 7.29. The van der Waals surface area contributed by atoms with Crippen molar-refractivity contribution < 1.29 is 0 Å². The molecule has 1 atom stereocenters. The predicted octanol–water partition coefficient (Wildman–Crippen LogP) is 2.84. The maximum Gasteiger partial charge on any atom is 0.0166 e. The number of hydrogen-bond donors (Lipinski definition) is 1. The van der Waals surface area contributed by atoms with Gasteiger partial charge in [-0.3, -0.25) is 0 Å². The van der Waals surface area contributed by atoms with Crippen LogP contribution >= 0.6 is 11.8 Å². The molecule has 1 saturated heterocycles. The second kappa shape index (κ2) is 9.23. The van der Waals surface area contributed by atoms with E-state index in [1.807, 2.05) is 0 Å². The van der Waals surface area contributed by atoms with E-state index in [0.717, 1.165) is 5.92 Å². The van der Waals surface area contributed by atoms with Crippen LogP contribution in [0.3, 0.4) is 0 Å². The third kappa shape index (κ3) is 6.68. The second-order valence-corrected chi connectivity index (χ2v) is 6.41. The minimum atomic E-state index is 0.632. The highest BCUT2D eigenvalue weighted by Crippen LogP contribution is 2.24. The zero-order valence-corrected chi connectivity index (χ0v) is 12.7. The van der Waals surface area contributed by atoms with Crippen LogP contribution in [0.2, 0.25) is 0 Å². The van der Waals surface area contributed by atoms with E-state index in [1.54, 1.807) is 0 Å². The first-order valence-corrected chi connectivity index (χ1v) is 8.45. The summed E-state index contributed by atoms with van der Waals surface area (Å²) in [6.07, 6.45) is 4.26. The maximum absolute atomic E-state index is 3.68. The molecule has 1 heterocycles. The van der Waals surface area contributed by atoms with Gasteiger partial charge >= 0.3 is 0 Å². The van der Waals surface area contributed by atoms with Gasteiger partial charge in [0.2, 0.25) is 0 Å². The molecule has 0 aromatic heterocycles. The van der Waals surface area contributed by atoms with E-state index in [-0.39, 0.29) is 0 Å². The van der Waals surface area contributed by atoms with Crippen LogP contribution in [0.1, 0.15) is 40.0 Å². The van der Waals surface area contributed by atoms with Crippen molar-refractivity contribution in [3.63, 3.8) is 0 Å². The van der Waals surface area contributed by atoms with E-state index < -0.39 is 0 Å². The Balaban J connectivity index is 2.04. The molecule has 0 amide bonds. The van der Waals surface area contributed by atoms with E-state index in [1.165, 1.54) is 56.9 Å². The van der Waals surface area contributed by atoms with Gasteiger partial charge in [-0.1, -0.05) is 13.8 Å². The van der Waals surface area contributed by atoms with Gasteiger partial charge in [0.1, 0.15) is 0 Å². The highest BCUT2D eigenvalue weighted by atomic mass is 32.2. The first kappa shape index (κ1) is 15.3. The maximum atomic E-state index is 3.68. The summed E-state index contributed by atoms with van der Waals surface area (Å²) in [5, 5.41) is 3.68. The molecule has 1 N–H and O–H groups in total. The van der Waals surface area contributed by atoms with Crippen molar-refractivity contribution in [1.82, 2.24) is 10.2 Å². The van der Waals surface area contributed by atoms with Gasteiger partial charge in [-0.05, 0) is 63.2 Å². The molecule has 0 spiro atoms. The molecule has 1 unspecified atom stereocenters. The number of thioether (sulfide) groups is 1. The summed E-state index contributed by atoms with van der Waals surface area (Å²) in [5.41, 5.74) is 0. The van der Waals surface area contributed by atoms with Gasteiger partial charge < -0.3 is 10.2 Å². The van der Waals surface area contributed by atoms with Crippen LogP contribution in [0.4, 0.5) is 0 Å². The van der Waals surface area contributed by atoms with E-state index in [9.17, 15) is 0 Å². The number of likely N-dealkylation sites (N-methyl/N-ethyl adjacent to an activating group) is 1. The van der Waals surface area contributed by atoms with Gasteiger partial charge in [-0.2, -0.15) is 11.8 Å². The molecule has 2 nitrogen and oxygen atoms in total. The van der Waals surface area contributed by atoms with Gasteiger partial charge in [0, 0.05) is 12.6 Å². The van der Waals surface area contributed by atoms with Crippen molar-refractivity contribution >= 4 is 11.8 Å². The molecule has 1 aliphatic rings. The topological polar surface area (TPSA) is 15.3 Å². The fourth-order valence-corrected chi connectivity index (χ4v) is 3.71. The van der Waals surface area contributed by atoms with Crippen molar-refractivity contribution in [2.24, 2.45) is 5.92 Å². The Hall–Kier alpha value is 0.270. The fraction of sp³-hybridized carbons (Fsp3) is 1.00. The average Bonchev–Trinajstić information content (AvgIpc) is 2.37. The Morgan fingerprint density at radius 2 is 1.88 bits per heavy atom. The molecule has 0 radical (unpaired) electrons. The lowest BCUT2D eigenvalue weighted by Gasteiger charge is -2.25. The summed E-state index contributed by atoms with van der Waals surface area (Å²) in [7, 11) is 0. The van der Waals surface area contributed by atoms with Crippen LogP contribution in [0.15, 0.2) is 0 Å². The van der Waals surface area contributed by atoms with Crippen LogP contribution in [0.5, 0.6) is 0 Å². The minimum Gasteiger partial charge on any atom is -0.313 e. The van der Waals surface area contributed by atoms with Gasteiger partial charge in [-0.15, -0.1) is 0 Å². The van der Waals surface area contributed by atoms with Gasteiger partial charge in [0.05, 0.1) is 0 Å². The zero-order chi connectivity index (χ0) is 12.5. The van der Waals surface area contributed by atoms with Gasteiger partial charge in [0.25, 0.3) is 0 Å². The lowest BCUT2D eigenvalue weighted by atomic mass is 9.99. The lowest BCUT2D eigenvalue weighted by molar-refractivity contribution is 0.268. The Kier molecular flexibility index (Phi) is 8.33. The van der Waals surface area contributed by atoms with E-state index in [0.29, 0.717) is 6.04 Å². The quantitative estimate of drug-likeness (QED) is 0.721. The van der Waals surface area contributed by atoms with Crippen LogP contribution in [0.25, 0.3) is 0 Å². The standard InChI is InChI=1S/C14H30N2S/c1-4-16(5-2)12-13(3)15-9-6-14-7-10-17-11-8-14/h13-15H,4-12H2,1-3H3. The van der Waals surface area contributed by atoms with Gasteiger partial charge in [0.15, 0.2) is 0 Å². The predicted molar refractivity (Wildman–Crippen MR) is 79.9 cm³/mol. The second-order valence-electron chi connectivity index (χ2n) is 5.19. The largest absolute Gasteiger partial charge is 0.313 e. The molecule has 17 heavy (non-hydrogen) atoms. The van der Waals surface area contributed by atoms with Crippen molar-refractivity contribution in [2.45, 2.75) is 46.1 Å². The Morgan fingerprint density at radius 3 is 2.47 bits per heavy atom. The third-order valence-electron chi connectivity index (χ3n) is 3.81. The highest BCUT2D eigenvalue weighted by molar-refractivity contribution is 7.99. The first-order chi connectivity index (χ1) is 8.26. The molecular weight excluding hydrogens is 228 g/mol. The number of nitrogens with zero attached hydrogens (tertiary/aromatic N) is 1. The molecule has 1 fully saturated rings. The summed E-state index contributed by atoms with van der Waals surface area (Å²) in [5.74, 6) is 3.77. The fourth-order valence-electron chi connectivity index (χ4n) is 2.50. The molecule has 102 valence electrons. The van der Waals surface area contributed by atoms with Crippen LogP contribution in [-0.2, 0) is 0 Å².